The van der Waals surface area contributed by atoms with E-state index in [-0.39, 0.29) is 24.8 Å². The second kappa shape index (κ2) is 8.40. The van der Waals surface area contributed by atoms with E-state index in [1.807, 2.05) is 0 Å². The monoisotopic (exact) mass is 528 g/mol. The molecule has 0 aromatic heterocycles. The summed E-state index contributed by atoms with van der Waals surface area (Å²) in [5.74, 6) is 0. The van der Waals surface area contributed by atoms with Crippen molar-refractivity contribution >= 4 is 47.1 Å². The van der Waals surface area contributed by atoms with Crippen LogP contribution in [-0.4, -0.2) is 6.88 Å². The Balaban J connectivity index is 0.00000128. The summed E-state index contributed by atoms with van der Waals surface area (Å²) in [6, 6.07) is 29.6. The Bertz CT molecular complexity index is 1210. The summed E-state index contributed by atoms with van der Waals surface area (Å²) in [5.41, 5.74) is 7.46. The number of fused-ring (bicyclic) bond motifs is 2. The zero-order chi connectivity index (χ0) is 19.4. The summed E-state index contributed by atoms with van der Waals surface area (Å²) in [5, 5.41) is 0. The Morgan fingerprint density at radius 2 is 1.30 bits per heavy atom. The summed E-state index contributed by atoms with van der Waals surface area (Å²) in [7, 11) is 0. The first-order chi connectivity index (χ1) is 13.5. The zero-order valence-electron chi connectivity index (χ0n) is 17.4. The normalized spacial score (nSPS) is 19.2. The molecule has 3 aromatic carbocycles. The fourth-order valence-electron chi connectivity index (χ4n) is 5.94. The van der Waals surface area contributed by atoms with Gasteiger partial charge in [0, 0.05) is 0 Å². The molecule has 0 saturated carbocycles. The third kappa shape index (κ3) is 3.28. The molecule has 0 amide bonds. The van der Waals surface area contributed by atoms with E-state index < -0.39 is 17.4 Å². The van der Waals surface area contributed by atoms with Crippen LogP contribution in [0, 0.1) is 0 Å². The van der Waals surface area contributed by atoms with Crippen LogP contribution in [-0.2, 0) is 17.4 Å². The Labute approximate surface area is 194 Å². The number of benzene rings is 3. The molecule has 0 N–H and O–H groups in total. The minimum Gasteiger partial charge on any atom is -0.147 e. The summed E-state index contributed by atoms with van der Waals surface area (Å²) < 4.78 is 5.39. The van der Waals surface area contributed by atoms with Crippen LogP contribution in [0.4, 0.5) is 0 Å². The fourth-order valence-corrected chi connectivity index (χ4v) is 28.5. The molecule has 5 rings (SSSR count). The van der Waals surface area contributed by atoms with Gasteiger partial charge in [0.1, 0.15) is 0 Å². The molecule has 0 radical (unpaired) electrons. The Hall–Kier alpha value is -1.18. The van der Waals surface area contributed by atoms with Crippen molar-refractivity contribution in [2.24, 2.45) is 0 Å². The van der Waals surface area contributed by atoms with Crippen molar-refractivity contribution in [2.45, 2.75) is 18.8 Å². The van der Waals surface area contributed by atoms with Gasteiger partial charge in [-0.3, -0.25) is 0 Å². The Kier molecular flexibility index (Phi) is 6.57. The minimum atomic E-state index is -3.65. The van der Waals surface area contributed by atoms with E-state index in [0.717, 1.165) is 0 Å². The molecule has 2 aliphatic rings. The quantitative estimate of drug-likeness (QED) is 0.346. The van der Waals surface area contributed by atoms with Crippen LogP contribution in [0.25, 0.3) is 12.2 Å². The van der Waals surface area contributed by atoms with Gasteiger partial charge in [-0.05, 0) is 0 Å². The molecular formula is C26H28Cl2SiZr. The van der Waals surface area contributed by atoms with E-state index in [1.165, 1.54) is 16.7 Å². The minimum absolute atomic E-state index is 0. The van der Waals surface area contributed by atoms with Crippen molar-refractivity contribution in [3.63, 3.8) is 0 Å². The molecule has 30 heavy (non-hydrogen) atoms. The van der Waals surface area contributed by atoms with Gasteiger partial charge in [-0.1, -0.05) is 0 Å². The molecule has 2 unspecified atom stereocenters. The molecule has 0 heterocycles. The molecule has 3 aromatic rings. The molecular weight excluding hydrogens is 503 g/mol. The Morgan fingerprint density at radius 1 is 0.733 bits per heavy atom. The maximum atomic E-state index is 2.70. The van der Waals surface area contributed by atoms with Crippen LogP contribution >= 0.6 is 24.8 Å². The summed E-state index contributed by atoms with van der Waals surface area (Å²) >= 11 is -3.65. The molecule has 0 nitrogen and oxygen atoms in total. The van der Waals surface area contributed by atoms with Crippen LogP contribution in [0.3, 0.4) is 0 Å². The van der Waals surface area contributed by atoms with Crippen molar-refractivity contribution in [3.05, 3.63) is 113 Å². The zero-order valence-corrected chi connectivity index (χ0v) is 22.9. The maximum absolute atomic E-state index is 3.65. The van der Waals surface area contributed by atoms with Crippen molar-refractivity contribution < 1.29 is 17.4 Å². The van der Waals surface area contributed by atoms with Crippen molar-refractivity contribution in [1.82, 2.24) is 0 Å². The van der Waals surface area contributed by atoms with E-state index in [2.05, 4.69) is 116 Å². The number of rotatable bonds is 3. The largest absolute Gasteiger partial charge is 0.147 e. The standard InChI is InChI=1S/C10H9.C9H7.C6H5.CH3.2ClH.H2Si.Zr/c1-8-6-9-4-2-3-5-10(9)7-8;1-2-5-9-7-3-6-8(9)4-1;1-2-4-6-5-3-1;;;;;/h2-7H,1H3;1-7H;1-5H;1H3;2*1H;1H2;. The first-order valence-corrected chi connectivity index (χ1v) is 22.6. The van der Waals surface area contributed by atoms with Crippen LogP contribution in [0.5, 0.6) is 0 Å². The van der Waals surface area contributed by atoms with E-state index in [0.29, 0.717) is 7.25 Å². The van der Waals surface area contributed by atoms with Crippen LogP contribution in [0.2, 0.25) is 4.63 Å². The van der Waals surface area contributed by atoms with Gasteiger partial charge in [0.2, 0.25) is 0 Å². The molecule has 0 spiro atoms. The van der Waals surface area contributed by atoms with Crippen LogP contribution in [0.15, 0.2) is 90.5 Å². The second-order valence-corrected chi connectivity index (χ2v) is 35.4. The number of allylic oxidation sites excluding steroid dienone is 2. The average Bonchev–Trinajstić information content (AvgIpc) is 3.30. The molecule has 0 fully saturated rings. The average molecular weight is 531 g/mol. The number of hydrogen-bond acceptors (Lipinski definition) is 0. The van der Waals surface area contributed by atoms with Gasteiger partial charge in [0.25, 0.3) is 0 Å². The summed E-state index contributed by atoms with van der Waals surface area (Å²) in [4.78, 5) is 0. The maximum Gasteiger partial charge on any atom is -0.147 e. The van der Waals surface area contributed by atoms with Gasteiger partial charge in [-0.2, -0.15) is 0 Å². The van der Waals surface area contributed by atoms with E-state index in [1.54, 1.807) is 14.4 Å². The summed E-state index contributed by atoms with van der Waals surface area (Å²) in [6.45, 7) is 4.77. The van der Waals surface area contributed by atoms with Gasteiger partial charge in [0.15, 0.2) is 0 Å². The Morgan fingerprint density at radius 3 is 2.00 bits per heavy atom. The molecule has 0 aliphatic heterocycles. The van der Waals surface area contributed by atoms with E-state index in [9.17, 15) is 0 Å². The molecule has 0 saturated heterocycles. The van der Waals surface area contributed by atoms with Gasteiger partial charge < -0.3 is 0 Å². The van der Waals surface area contributed by atoms with Crippen LogP contribution < -0.4 is 3.27 Å². The fraction of sp³-hybridized carbons (Fsp3) is 0.154. The molecule has 0 bridgehead atoms. The SMILES string of the molecule is CC1=Cc2ccccc2[CH]1[Zr]([CH3])(=[SiH2])([c]1ccccc1)[CH]1C=Cc2ccccc21.Cl.Cl. The molecule has 4 heteroatoms. The van der Waals surface area contributed by atoms with Gasteiger partial charge in [-0.25, -0.2) is 0 Å². The predicted octanol–water partition coefficient (Wildman–Crippen LogP) is 6.37. The van der Waals surface area contributed by atoms with Gasteiger partial charge in [0.05, 0.1) is 0 Å². The second-order valence-electron chi connectivity index (χ2n) is 9.00. The smallest absolute Gasteiger partial charge is 0.147 e. The third-order valence-electron chi connectivity index (χ3n) is 7.21. The van der Waals surface area contributed by atoms with Crippen molar-refractivity contribution in [3.8, 4) is 0 Å². The van der Waals surface area contributed by atoms with Gasteiger partial charge in [-0.15, -0.1) is 24.8 Å². The number of halogens is 2. The first kappa shape index (κ1) is 23.5. The molecule has 2 atom stereocenters. The third-order valence-corrected chi connectivity index (χ3v) is 30.9. The van der Waals surface area contributed by atoms with E-state index in [4.69, 9.17) is 0 Å². The van der Waals surface area contributed by atoms with Crippen molar-refractivity contribution in [1.29, 1.82) is 0 Å². The molecule has 154 valence electrons. The van der Waals surface area contributed by atoms with Crippen molar-refractivity contribution in [2.75, 3.05) is 0 Å². The topological polar surface area (TPSA) is 0 Å². The molecule has 2 aliphatic carbocycles. The predicted molar refractivity (Wildman–Crippen MR) is 136 cm³/mol. The number of hydrogen-bond donors (Lipinski definition) is 0. The van der Waals surface area contributed by atoms with E-state index >= 15 is 0 Å². The first-order valence-electron chi connectivity index (χ1n) is 10.1. The van der Waals surface area contributed by atoms with Crippen LogP contribution in [0.1, 0.15) is 36.4 Å². The van der Waals surface area contributed by atoms with Gasteiger partial charge >= 0.3 is 171 Å². The summed E-state index contributed by atoms with van der Waals surface area (Å²) in [6.07, 6.45) is 7.34.